The van der Waals surface area contributed by atoms with Crippen LogP contribution in [0.4, 0.5) is 4.79 Å². The number of carbonyl (C=O) groups is 1. The summed E-state index contributed by atoms with van der Waals surface area (Å²) in [5.41, 5.74) is 0.175. The summed E-state index contributed by atoms with van der Waals surface area (Å²) in [6.07, 6.45) is 3.48. The fourth-order valence-electron chi connectivity index (χ4n) is 4.44. The van der Waals surface area contributed by atoms with E-state index in [4.69, 9.17) is 9.47 Å². The maximum absolute atomic E-state index is 12.3. The molecule has 1 aromatic carbocycles. The Morgan fingerprint density at radius 3 is 2.38 bits per heavy atom. The molecule has 0 spiro atoms. The Kier molecular flexibility index (Phi) is 6.38. The van der Waals surface area contributed by atoms with Gasteiger partial charge in [0.15, 0.2) is 0 Å². The van der Waals surface area contributed by atoms with Gasteiger partial charge in [-0.15, -0.1) is 0 Å². The quantitative estimate of drug-likeness (QED) is 0.770. The van der Waals surface area contributed by atoms with Crippen LogP contribution in [0.3, 0.4) is 0 Å². The SMILES string of the molecule is COc1cccc([C@]2(C#N)CC[C@@H](N3CCN(C(=O)OC(C)(C)C)CC3)CC2)c1. The number of amides is 1. The molecule has 0 radical (unpaired) electrons. The first-order chi connectivity index (χ1) is 13.8. The topological polar surface area (TPSA) is 65.8 Å². The van der Waals surface area contributed by atoms with Crippen molar-refractivity contribution in [3.8, 4) is 11.8 Å². The van der Waals surface area contributed by atoms with Gasteiger partial charge in [0.25, 0.3) is 0 Å². The summed E-state index contributed by atoms with van der Waals surface area (Å²) in [6, 6.07) is 11.0. The van der Waals surface area contributed by atoms with Crippen LogP contribution in [-0.2, 0) is 10.2 Å². The fourth-order valence-corrected chi connectivity index (χ4v) is 4.44. The van der Waals surface area contributed by atoms with Crippen molar-refractivity contribution < 1.29 is 14.3 Å². The van der Waals surface area contributed by atoms with Crippen molar-refractivity contribution in [2.45, 2.75) is 63.5 Å². The first-order valence-corrected chi connectivity index (χ1v) is 10.5. The van der Waals surface area contributed by atoms with E-state index in [0.29, 0.717) is 19.1 Å². The van der Waals surface area contributed by atoms with E-state index in [9.17, 15) is 10.1 Å². The molecule has 0 unspecified atom stereocenters. The Hall–Kier alpha value is -2.26. The molecule has 0 bridgehead atoms. The molecule has 0 atom stereocenters. The summed E-state index contributed by atoms with van der Waals surface area (Å²) in [4.78, 5) is 16.6. The number of carbonyl (C=O) groups excluding carboxylic acids is 1. The molecule has 29 heavy (non-hydrogen) atoms. The van der Waals surface area contributed by atoms with Crippen LogP contribution in [0.5, 0.6) is 5.75 Å². The number of ether oxygens (including phenoxy) is 2. The van der Waals surface area contributed by atoms with Gasteiger partial charge in [-0.05, 0) is 64.2 Å². The number of piperazine rings is 1. The molecule has 1 heterocycles. The van der Waals surface area contributed by atoms with Gasteiger partial charge in [0, 0.05) is 32.2 Å². The largest absolute Gasteiger partial charge is 0.497 e. The third-order valence-corrected chi connectivity index (χ3v) is 6.13. The molecule has 6 heteroatoms. The van der Waals surface area contributed by atoms with Crippen LogP contribution in [0.2, 0.25) is 0 Å². The summed E-state index contributed by atoms with van der Waals surface area (Å²) in [5.74, 6) is 0.803. The summed E-state index contributed by atoms with van der Waals surface area (Å²) < 4.78 is 10.8. The second kappa shape index (κ2) is 8.62. The minimum Gasteiger partial charge on any atom is -0.497 e. The minimum atomic E-state index is -0.460. The lowest BCUT2D eigenvalue weighted by Gasteiger charge is -2.44. The van der Waals surface area contributed by atoms with Gasteiger partial charge in [-0.2, -0.15) is 5.26 Å². The third-order valence-electron chi connectivity index (χ3n) is 6.13. The third kappa shape index (κ3) is 5.02. The van der Waals surface area contributed by atoms with Gasteiger partial charge in [0.2, 0.25) is 0 Å². The van der Waals surface area contributed by atoms with E-state index in [0.717, 1.165) is 50.1 Å². The highest BCUT2D eigenvalue weighted by molar-refractivity contribution is 5.68. The fraction of sp³-hybridized carbons (Fsp3) is 0.652. The van der Waals surface area contributed by atoms with Crippen LogP contribution in [0.1, 0.15) is 52.0 Å². The maximum Gasteiger partial charge on any atom is 0.410 e. The Labute approximate surface area is 174 Å². The Morgan fingerprint density at radius 2 is 1.83 bits per heavy atom. The number of hydrogen-bond acceptors (Lipinski definition) is 5. The van der Waals surface area contributed by atoms with Crippen molar-refractivity contribution in [3.63, 3.8) is 0 Å². The van der Waals surface area contributed by atoms with Gasteiger partial charge < -0.3 is 14.4 Å². The van der Waals surface area contributed by atoms with E-state index in [-0.39, 0.29) is 6.09 Å². The van der Waals surface area contributed by atoms with Crippen LogP contribution in [0, 0.1) is 11.3 Å². The Bertz CT molecular complexity index is 749. The van der Waals surface area contributed by atoms with E-state index < -0.39 is 11.0 Å². The average Bonchev–Trinajstić information content (AvgIpc) is 2.73. The predicted octanol–water partition coefficient (Wildman–Crippen LogP) is 3.95. The number of rotatable bonds is 3. The molecular formula is C23H33N3O3. The molecule has 2 fully saturated rings. The van der Waals surface area contributed by atoms with Crippen LogP contribution in [0.25, 0.3) is 0 Å². The second-order valence-electron chi connectivity index (χ2n) is 9.16. The zero-order chi connectivity index (χ0) is 21.1. The standard InChI is InChI=1S/C23H33N3O3/c1-22(2,3)29-21(27)26-14-12-25(13-15-26)19-8-10-23(17-24,11-9-19)18-6-5-7-20(16-18)28-4/h5-7,16,19H,8-15H2,1-4H3/t19-,23-. The van der Waals surface area contributed by atoms with E-state index in [1.54, 1.807) is 12.0 Å². The van der Waals surface area contributed by atoms with Crippen molar-refractivity contribution in [1.29, 1.82) is 5.26 Å². The molecular weight excluding hydrogens is 366 g/mol. The number of hydrogen-bond donors (Lipinski definition) is 0. The smallest absolute Gasteiger partial charge is 0.410 e. The van der Waals surface area contributed by atoms with Crippen LogP contribution < -0.4 is 4.74 Å². The molecule has 1 saturated heterocycles. The molecule has 2 aliphatic rings. The van der Waals surface area contributed by atoms with E-state index >= 15 is 0 Å². The molecule has 1 saturated carbocycles. The van der Waals surface area contributed by atoms with Gasteiger partial charge in [0.1, 0.15) is 11.4 Å². The van der Waals surface area contributed by atoms with Crippen LogP contribution in [0.15, 0.2) is 24.3 Å². The highest BCUT2D eigenvalue weighted by Gasteiger charge is 2.39. The summed E-state index contributed by atoms with van der Waals surface area (Å²) in [6.45, 7) is 8.81. The average molecular weight is 400 g/mol. The minimum absolute atomic E-state index is 0.220. The van der Waals surface area contributed by atoms with E-state index in [2.05, 4.69) is 11.0 Å². The second-order valence-corrected chi connectivity index (χ2v) is 9.16. The number of benzene rings is 1. The monoisotopic (exact) mass is 399 g/mol. The van der Waals surface area contributed by atoms with Crippen molar-refractivity contribution in [1.82, 2.24) is 9.80 Å². The van der Waals surface area contributed by atoms with Gasteiger partial charge in [-0.3, -0.25) is 4.90 Å². The zero-order valence-electron chi connectivity index (χ0n) is 18.1. The number of nitriles is 1. The molecule has 1 aromatic rings. The predicted molar refractivity (Wildman–Crippen MR) is 112 cm³/mol. The lowest BCUT2D eigenvalue weighted by atomic mass is 9.69. The molecule has 1 amide bonds. The maximum atomic E-state index is 12.3. The van der Waals surface area contributed by atoms with Crippen molar-refractivity contribution in [2.75, 3.05) is 33.3 Å². The number of methoxy groups -OCH3 is 1. The first kappa shape index (κ1) is 21.4. The van der Waals surface area contributed by atoms with Crippen molar-refractivity contribution in [2.24, 2.45) is 0 Å². The lowest BCUT2D eigenvalue weighted by molar-refractivity contribution is 0.00723. The van der Waals surface area contributed by atoms with Crippen LogP contribution >= 0.6 is 0 Å². The summed E-state index contributed by atoms with van der Waals surface area (Å²) >= 11 is 0. The molecule has 1 aliphatic carbocycles. The van der Waals surface area contributed by atoms with Gasteiger partial charge in [-0.25, -0.2) is 4.79 Å². The molecule has 0 aromatic heterocycles. The summed E-state index contributed by atoms with van der Waals surface area (Å²) in [7, 11) is 1.66. The summed E-state index contributed by atoms with van der Waals surface area (Å²) in [5, 5.41) is 9.98. The van der Waals surface area contributed by atoms with Crippen LogP contribution in [-0.4, -0.2) is 60.8 Å². The van der Waals surface area contributed by atoms with Crippen molar-refractivity contribution >= 4 is 6.09 Å². The molecule has 1 aliphatic heterocycles. The zero-order valence-corrected chi connectivity index (χ0v) is 18.1. The van der Waals surface area contributed by atoms with Gasteiger partial charge in [0.05, 0.1) is 18.6 Å². The van der Waals surface area contributed by atoms with Gasteiger partial charge in [-0.1, -0.05) is 12.1 Å². The Balaban J connectivity index is 1.56. The molecule has 6 nitrogen and oxygen atoms in total. The highest BCUT2D eigenvalue weighted by atomic mass is 16.6. The van der Waals surface area contributed by atoms with E-state index in [1.165, 1.54) is 0 Å². The first-order valence-electron chi connectivity index (χ1n) is 10.5. The van der Waals surface area contributed by atoms with E-state index in [1.807, 2.05) is 45.0 Å². The normalized spacial score (nSPS) is 25.9. The van der Waals surface area contributed by atoms with Crippen molar-refractivity contribution in [3.05, 3.63) is 29.8 Å². The highest BCUT2D eigenvalue weighted by Crippen LogP contribution is 2.41. The molecule has 0 N–H and O–H groups in total. The molecule has 158 valence electrons. The van der Waals surface area contributed by atoms with Gasteiger partial charge >= 0.3 is 6.09 Å². The lowest BCUT2D eigenvalue weighted by Crippen LogP contribution is -2.54. The molecule has 3 rings (SSSR count). The number of nitrogens with zero attached hydrogens (tertiary/aromatic N) is 3. The Morgan fingerprint density at radius 1 is 1.17 bits per heavy atom.